The monoisotopic (exact) mass is 457 g/mol. The minimum Gasteiger partial charge on any atom is -0.334 e. The molecule has 32 heavy (non-hydrogen) atoms. The molecular formula is C22H21F2N5O2S. The molecule has 1 atom stereocenters. The van der Waals surface area contributed by atoms with E-state index in [1.165, 1.54) is 47.7 Å². The van der Waals surface area contributed by atoms with E-state index in [0.29, 0.717) is 30.3 Å². The molecule has 7 nitrogen and oxygen atoms in total. The summed E-state index contributed by atoms with van der Waals surface area (Å²) in [4.78, 5) is 26.7. The largest absolute Gasteiger partial charge is 0.334 e. The highest BCUT2D eigenvalue weighted by Crippen LogP contribution is 2.29. The van der Waals surface area contributed by atoms with E-state index in [2.05, 4.69) is 20.8 Å². The van der Waals surface area contributed by atoms with Crippen molar-refractivity contribution in [3.63, 3.8) is 0 Å². The van der Waals surface area contributed by atoms with Gasteiger partial charge in [0.2, 0.25) is 5.01 Å². The van der Waals surface area contributed by atoms with E-state index in [9.17, 15) is 18.4 Å². The number of hydrogen-bond acceptors (Lipinski definition) is 5. The maximum absolute atomic E-state index is 13.0. The van der Waals surface area contributed by atoms with Gasteiger partial charge in [-0.1, -0.05) is 23.5 Å². The second-order valence-corrected chi connectivity index (χ2v) is 8.49. The van der Waals surface area contributed by atoms with Crippen LogP contribution in [-0.2, 0) is 6.54 Å². The molecule has 166 valence electrons. The molecule has 2 N–H and O–H groups in total. The fourth-order valence-electron chi connectivity index (χ4n) is 3.46. The average Bonchev–Trinajstić information content (AvgIpc) is 3.31. The van der Waals surface area contributed by atoms with Gasteiger partial charge in [0.05, 0.1) is 0 Å². The van der Waals surface area contributed by atoms with E-state index in [1.54, 1.807) is 17.0 Å². The Morgan fingerprint density at radius 2 is 1.72 bits per heavy atom. The van der Waals surface area contributed by atoms with Crippen LogP contribution in [-0.4, -0.2) is 40.1 Å². The van der Waals surface area contributed by atoms with Crippen LogP contribution in [0.1, 0.15) is 39.1 Å². The van der Waals surface area contributed by atoms with Crippen molar-refractivity contribution in [1.29, 1.82) is 0 Å². The van der Waals surface area contributed by atoms with Crippen molar-refractivity contribution in [1.82, 2.24) is 20.4 Å². The number of halogens is 2. The second-order valence-electron chi connectivity index (χ2n) is 7.48. The molecule has 0 spiro atoms. The quantitative estimate of drug-likeness (QED) is 0.602. The van der Waals surface area contributed by atoms with Crippen LogP contribution in [0, 0.1) is 11.6 Å². The minimum atomic E-state index is -0.412. The molecule has 0 bridgehead atoms. The smallest absolute Gasteiger partial charge is 0.317 e. The number of carbonyl (C=O) groups excluding carboxylic acids is 2. The molecule has 2 heterocycles. The van der Waals surface area contributed by atoms with Crippen molar-refractivity contribution in [2.24, 2.45) is 0 Å². The lowest BCUT2D eigenvalue weighted by molar-refractivity contribution is 0.102. The third kappa shape index (κ3) is 5.44. The maximum Gasteiger partial charge on any atom is 0.317 e. The highest BCUT2D eigenvalue weighted by Gasteiger charge is 2.28. The Labute approximate surface area is 187 Å². The molecule has 0 saturated carbocycles. The number of anilines is 1. The van der Waals surface area contributed by atoms with Crippen LogP contribution < -0.4 is 10.6 Å². The lowest BCUT2D eigenvalue weighted by Gasteiger charge is -2.31. The fraction of sp³-hybridized carbons (Fsp3) is 0.273. The van der Waals surface area contributed by atoms with Gasteiger partial charge in [0.15, 0.2) is 0 Å². The van der Waals surface area contributed by atoms with E-state index >= 15 is 0 Å². The lowest BCUT2D eigenvalue weighted by atomic mass is 9.99. The van der Waals surface area contributed by atoms with Crippen molar-refractivity contribution in [2.45, 2.75) is 25.3 Å². The Bertz CT molecular complexity index is 1090. The summed E-state index contributed by atoms with van der Waals surface area (Å²) in [6.07, 6.45) is 1.65. The summed E-state index contributed by atoms with van der Waals surface area (Å²) in [5, 5.41) is 14.6. The molecule has 0 aliphatic carbocycles. The fourth-order valence-corrected chi connectivity index (χ4v) is 4.33. The first-order chi connectivity index (χ1) is 15.5. The molecule has 1 aliphatic heterocycles. The van der Waals surface area contributed by atoms with Crippen LogP contribution in [0.5, 0.6) is 0 Å². The van der Waals surface area contributed by atoms with Crippen LogP contribution >= 0.6 is 11.3 Å². The highest BCUT2D eigenvalue weighted by atomic mass is 32.1. The first-order valence-electron chi connectivity index (χ1n) is 10.2. The van der Waals surface area contributed by atoms with E-state index in [0.717, 1.165) is 18.4 Å². The number of urea groups is 1. The van der Waals surface area contributed by atoms with Crippen molar-refractivity contribution in [3.8, 4) is 0 Å². The third-order valence-electron chi connectivity index (χ3n) is 5.15. The number of carbonyl (C=O) groups is 2. The maximum atomic E-state index is 13.0. The molecule has 2 aromatic carbocycles. The zero-order valence-electron chi connectivity index (χ0n) is 17.1. The Hall–Kier alpha value is -3.40. The van der Waals surface area contributed by atoms with E-state index in [4.69, 9.17) is 0 Å². The van der Waals surface area contributed by atoms with Gasteiger partial charge in [-0.15, -0.1) is 10.2 Å². The lowest BCUT2D eigenvalue weighted by Crippen LogP contribution is -2.44. The predicted molar refractivity (Wildman–Crippen MR) is 116 cm³/mol. The van der Waals surface area contributed by atoms with E-state index < -0.39 is 5.91 Å². The first kappa shape index (κ1) is 21.8. The Morgan fingerprint density at radius 1 is 1.03 bits per heavy atom. The molecule has 1 aromatic heterocycles. The normalized spacial score (nSPS) is 15.9. The van der Waals surface area contributed by atoms with Gasteiger partial charge in [-0.2, -0.15) is 0 Å². The van der Waals surface area contributed by atoms with Crippen molar-refractivity contribution >= 4 is 29.0 Å². The van der Waals surface area contributed by atoms with Gasteiger partial charge in [0, 0.05) is 31.2 Å². The Balaban J connectivity index is 1.33. The van der Waals surface area contributed by atoms with Gasteiger partial charge < -0.3 is 15.5 Å². The van der Waals surface area contributed by atoms with Crippen LogP contribution in [0.3, 0.4) is 0 Å². The molecule has 3 aromatic rings. The number of hydrogen-bond donors (Lipinski definition) is 2. The van der Waals surface area contributed by atoms with Crippen LogP contribution in [0.2, 0.25) is 0 Å². The summed E-state index contributed by atoms with van der Waals surface area (Å²) in [5.74, 6) is -1.12. The third-order valence-corrected chi connectivity index (χ3v) is 6.24. The molecule has 1 saturated heterocycles. The number of benzene rings is 2. The minimum absolute atomic E-state index is 0.00908. The molecule has 3 amide bonds. The zero-order valence-corrected chi connectivity index (χ0v) is 17.9. The summed E-state index contributed by atoms with van der Waals surface area (Å²) >= 11 is 1.19. The van der Waals surface area contributed by atoms with E-state index in [1.807, 2.05) is 0 Å². The van der Waals surface area contributed by atoms with Gasteiger partial charge in [-0.05, 0) is 54.8 Å². The first-order valence-corrected chi connectivity index (χ1v) is 11.0. The molecular weight excluding hydrogens is 436 g/mol. The number of rotatable bonds is 5. The number of aromatic nitrogens is 2. The molecule has 1 aliphatic rings. The average molecular weight is 458 g/mol. The zero-order chi connectivity index (χ0) is 22.5. The van der Waals surface area contributed by atoms with Crippen LogP contribution in [0.25, 0.3) is 0 Å². The highest BCUT2D eigenvalue weighted by molar-refractivity contribution is 7.13. The SMILES string of the molecule is O=C(Nc1ccc(F)cc1)c1nnc([C@H]2CCCN(C(=O)NCc3ccc(F)cc3)C2)s1. The Morgan fingerprint density at radius 3 is 2.44 bits per heavy atom. The Kier molecular flexibility index (Phi) is 6.69. The number of nitrogens with zero attached hydrogens (tertiary/aromatic N) is 3. The number of piperidine rings is 1. The molecule has 0 radical (unpaired) electrons. The summed E-state index contributed by atoms with van der Waals surface area (Å²) in [6.45, 7) is 1.42. The standard InChI is InChI=1S/C22H21F2N5O2S/c23-16-5-3-14(4-6-16)12-25-22(31)29-11-1-2-15(13-29)20-27-28-21(32-20)19(30)26-18-9-7-17(24)8-10-18/h3-10,15H,1-2,11-13H2,(H,25,31)(H,26,30)/t15-/m0/s1. The van der Waals surface area contributed by atoms with Crippen molar-refractivity contribution in [3.05, 3.63) is 75.7 Å². The number of likely N-dealkylation sites (tertiary alicyclic amines) is 1. The number of nitrogens with one attached hydrogen (secondary N) is 2. The van der Waals surface area contributed by atoms with Crippen molar-refractivity contribution in [2.75, 3.05) is 18.4 Å². The van der Waals surface area contributed by atoms with Gasteiger partial charge in [-0.3, -0.25) is 4.79 Å². The van der Waals surface area contributed by atoms with Gasteiger partial charge in [0.25, 0.3) is 5.91 Å². The summed E-state index contributed by atoms with van der Waals surface area (Å²) in [7, 11) is 0. The van der Waals surface area contributed by atoms with Gasteiger partial charge in [-0.25, -0.2) is 13.6 Å². The van der Waals surface area contributed by atoms with Gasteiger partial charge >= 0.3 is 6.03 Å². The van der Waals surface area contributed by atoms with Crippen LogP contribution in [0.15, 0.2) is 48.5 Å². The summed E-state index contributed by atoms with van der Waals surface area (Å²) < 4.78 is 26.0. The van der Waals surface area contributed by atoms with Crippen molar-refractivity contribution < 1.29 is 18.4 Å². The topological polar surface area (TPSA) is 87.2 Å². The number of amides is 3. The van der Waals surface area contributed by atoms with E-state index in [-0.39, 0.29) is 28.6 Å². The van der Waals surface area contributed by atoms with Gasteiger partial charge in [0.1, 0.15) is 16.6 Å². The van der Waals surface area contributed by atoms with Crippen LogP contribution in [0.4, 0.5) is 19.3 Å². The predicted octanol–water partition coefficient (Wildman–Crippen LogP) is 4.16. The molecule has 4 rings (SSSR count). The second kappa shape index (κ2) is 9.82. The summed E-state index contributed by atoms with van der Waals surface area (Å²) in [5.41, 5.74) is 1.28. The molecule has 1 fully saturated rings. The molecule has 0 unspecified atom stereocenters. The summed E-state index contributed by atoms with van der Waals surface area (Å²) in [6, 6.07) is 11.3. The molecule has 10 heteroatoms.